The number of nitrogens with one attached hydrogen (secondary N) is 1. The predicted molar refractivity (Wildman–Crippen MR) is 151 cm³/mol. The largest absolute Gasteiger partial charge is 0.493 e. The van der Waals surface area contributed by atoms with Gasteiger partial charge in [-0.2, -0.15) is 0 Å². The highest BCUT2D eigenvalue weighted by Crippen LogP contribution is 2.39. The summed E-state index contributed by atoms with van der Waals surface area (Å²) in [4.78, 5) is 32.2. The van der Waals surface area contributed by atoms with E-state index in [-0.39, 0.29) is 31.0 Å². The van der Waals surface area contributed by atoms with Gasteiger partial charge in [0.15, 0.2) is 18.1 Å². The first kappa shape index (κ1) is 23.4. The predicted octanol–water partition coefficient (Wildman–Crippen LogP) is 4.90. The van der Waals surface area contributed by atoms with Gasteiger partial charge in [0.2, 0.25) is 0 Å². The molecule has 7 rings (SSSR count). The van der Waals surface area contributed by atoms with E-state index in [9.17, 15) is 14.7 Å². The molecule has 5 aromatic carbocycles. The first-order valence-electron chi connectivity index (χ1n) is 12.8. The molecule has 2 aliphatic heterocycles. The fourth-order valence-electron chi connectivity index (χ4n) is 5.81. The Bertz CT molecular complexity index is 1800. The highest BCUT2D eigenvalue weighted by atomic mass is 16.5. The monoisotopic (exact) mass is 519 g/mol. The van der Waals surface area contributed by atoms with Crippen LogP contribution < -0.4 is 14.8 Å². The van der Waals surface area contributed by atoms with Crippen LogP contribution in [0.1, 0.15) is 16.8 Å². The maximum atomic E-state index is 13.1. The quantitative estimate of drug-likeness (QED) is 0.322. The molecule has 2 amide bonds. The van der Waals surface area contributed by atoms with Gasteiger partial charge < -0.3 is 24.8 Å². The number of carbonyl (C=O) groups is 2. The van der Waals surface area contributed by atoms with Gasteiger partial charge in [-0.3, -0.25) is 14.6 Å². The van der Waals surface area contributed by atoms with Gasteiger partial charge in [0.1, 0.15) is 0 Å². The van der Waals surface area contributed by atoms with Crippen molar-refractivity contribution in [2.75, 3.05) is 25.6 Å². The van der Waals surface area contributed by atoms with Crippen LogP contribution in [0.3, 0.4) is 0 Å². The Balaban J connectivity index is 1.15. The molecule has 2 atom stereocenters. The second-order valence-corrected chi connectivity index (χ2v) is 10.0. The zero-order valence-electron chi connectivity index (χ0n) is 21.2. The number of aliphatic hydroxyl groups is 1. The molecule has 1 saturated heterocycles. The van der Waals surface area contributed by atoms with Crippen molar-refractivity contribution in [1.82, 2.24) is 4.90 Å². The van der Waals surface area contributed by atoms with Gasteiger partial charge in [-0.25, -0.2) is 0 Å². The number of hydrogen-bond donors (Lipinski definition) is 2. The van der Waals surface area contributed by atoms with Gasteiger partial charge in [-0.05, 0) is 39.1 Å². The zero-order chi connectivity index (χ0) is 26.7. The van der Waals surface area contributed by atoms with E-state index >= 15 is 0 Å². The lowest BCUT2D eigenvalue weighted by Crippen LogP contribution is -2.35. The van der Waals surface area contributed by atoms with Crippen molar-refractivity contribution in [2.45, 2.75) is 18.6 Å². The molecule has 1 fully saturated rings. The number of aliphatic hydroxyl groups excluding tert-OH is 1. The summed E-state index contributed by atoms with van der Waals surface area (Å²) in [5.74, 6) is 0.0942. The van der Waals surface area contributed by atoms with E-state index in [1.54, 1.807) is 23.2 Å². The Morgan fingerprint density at radius 3 is 2.56 bits per heavy atom. The molecule has 2 aliphatic rings. The molecule has 0 bridgehead atoms. The molecular weight excluding hydrogens is 494 g/mol. The summed E-state index contributed by atoms with van der Waals surface area (Å²) in [5.41, 5.74) is 1.51. The smallest absolute Gasteiger partial charge is 0.262 e. The van der Waals surface area contributed by atoms with Crippen LogP contribution in [0.25, 0.3) is 32.3 Å². The van der Waals surface area contributed by atoms with Crippen LogP contribution in [0.5, 0.6) is 11.5 Å². The number of ether oxygens (including phenoxy) is 2. The van der Waals surface area contributed by atoms with Gasteiger partial charge in [0, 0.05) is 36.3 Å². The molecule has 8 nitrogen and oxygen atoms in total. The number of carbonyl (C=O) groups excluding carboxylic acids is 2. The number of rotatable bonds is 5. The van der Waals surface area contributed by atoms with Crippen molar-refractivity contribution in [2.24, 2.45) is 4.99 Å². The molecule has 8 heteroatoms. The summed E-state index contributed by atoms with van der Waals surface area (Å²) in [6.45, 7) is 0.00841. The van der Waals surface area contributed by atoms with E-state index in [0.717, 1.165) is 26.9 Å². The minimum atomic E-state index is -0.566. The van der Waals surface area contributed by atoms with E-state index in [4.69, 9.17) is 9.47 Å². The summed E-state index contributed by atoms with van der Waals surface area (Å²) >= 11 is 0. The van der Waals surface area contributed by atoms with Gasteiger partial charge in [0.25, 0.3) is 11.8 Å². The molecule has 0 aliphatic carbocycles. The van der Waals surface area contributed by atoms with E-state index < -0.39 is 6.10 Å². The normalized spacial score (nSPS) is 18.4. The number of fused-ring (bicyclic) bond motifs is 2. The number of anilines is 1. The summed E-state index contributed by atoms with van der Waals surface area (Å²) in [6, 6.07) is 21.4. The molecule has 2 heterocycles. The Kier molecular flexibility index (Phi) is 5.38. The number of aliphatic imine (C=N–C) groups is 1. The second-order valence-electron chi connectivity index (χ2n) is 10.0. The van der Waals surface area contributed by atoms with Gasteiger partial charge in [-0.15, -0.1) is 0 Å². The van der Waals surface area contributed by atoms with Crippen molar-refractivity contribution in [3.05, 3.63) is 72.3 Å². The third kappa shape index (κ3) is 3.83. The molecule has 5 aromatic rings. The van der Waals surface area contributed by atoms with Crippen LogP contribution in [-0.4, -0.2) is 60.4 Å². The van der Waals surface area contributed by atoms with Crippen molar-refractivity contribution >= 4 is 61.7 Å². The van der Waals surface area contributed by atoms with Crippen LogP contribution in [0, 0.1) is 0 Å². The number of hydrogen-bond acceptors (Lipinski definition) is 6. The summed E-state index contributed by atoms with van der Waals surface area (Å²) in [6.07, 6.45) is 1.56. The van der Waals surface area contributed by atoms with Crippen LogP contribution in [0.4, 0.5) is 11.4 Å². The lowest BCUT2D eigenvalue weighted by molar-refractivity contribution is -0.118. The maximum Gasteiger partial charge on any atom is 0.262 e. The van der Waals surface area contributed by atoms with Crippen molar-refractivity contribution < 1.29 is 24.2 Å². The fraction of sp³-hybridized carbons (Fsp3) is 0.194. The van der Waals surface area contributed by atoms with Crippen molar-refractivity contribution in [1.29, 1.82) is 0 Å². The lowest BCUT2D eigenvalue weighted by Gasteiger charge is -2.20. The average molecular weight is 520 g/mol. The van der Waals surface area contributed by atoms with Crippen molar-refractivity contribution in [3.8, 4) is 11.5 Å². The van der Waals surface area contributed by atoms with Crippen LogP contribution in [0.15, 0.2) is 71.7 Å². The van der Waals surface area contributed by atoms with Gasteiger partial charge in [0.05, 0.1) is 30.5 Å². The number of nitrogens with zero attached hydrogens (tertiary/aromatic N) is 2. The standard InChI is InChI=1S/C31H25N3O5/c1-38-26-12-23-25(32-14-20-11-21(35)15-34(20)31(23)37)13-27(26)39-16-28(36)33-24-10-8-19-6-5-17-3-2-4-18-7-9-22(24)30(19)29(17)18/h2-10,12-14,20-21,35H,11,15-16H2,1H3,(H,33,36)/t20-,21?/m0/s1. The lowest BCUT2D eigenvalue weighted by atomic mass is 9.93. The number of benzene rings is 5. The van der Waals surface area contributed by atoms with E-state index in [1.165, 1.54) is 12.5 Å². The number of methoxy groups -OCH3 is 1. The summed E-state index contributed by atoms with van der Waals surface area (Å²) < 4.78 is 11.3. The fourth-order valence-corrected chi connectivity index (χ4v) is 5.81. The Morgan fingerprint density at radius 1 is 1.03 bits per heavy atom. The topological polar surface area (TPSA) is 100 Å². The van der Waals surface area contributed by atoms with Crippen LogP contribution in [-0.2, 0) is 4.79 Å². The van der Waals surface area contributed by atoms with E-state index in [1.807, 2.05) is 24.3 Å². The second kappa shape index (κ2) is 8.96. The molecule has 194 valence electrons. The molecule has 0 saturated carbocycles. The van der Waals surface area contributed by atoms with Gasteiger partial charge in [-0.1, -0.05) is 48.5 Å². The van der Waals surface area contributed by atoms with E-state index in [2.05, 4.69) is 40.6 Å². The summed E-state index contributed by atoms with van der Waals surface area (Å²) in [5, 5.41) is 19.7. The third-order valence-corrected chi connectivity index (χ3v) is 7.64. The van der Waals surface area contributed by atoms with Crippen LogP contribution in [0.2, 0.25) is 0 Å². The molecular formula is C31H25N3O5. The first-order chi connectivity index (χ1) is 19.0. The van der Waals surface area contributed by atoms with Crippen molar-refractivity contribution in [3.63, 3.8) is 0 Å². The molecule has 0 spiro atoms. The van der Waals surface area contributed by atoms with Gasteiger partial charge >= 0.3 is 0 Å². The van der Waals surface area contributed by atoms with Crippen LogP contribution >= 0.6 is 0 Å². The first-order valence-corrected chi connectivity index (χ1v) is 12.8. The Labute approximate surface area is 223 Å². The Morgan fingerprint density at radius 2 is 1.77 bits per heavy atom. The minimum Gasteiger partial charge on any atom is -0.493 e. The molecule has 0 aromatic heterocycles. The third-order valence-electron chi connectivity index (χ3n) is 7.64. The molecule has 1 unspecified atom stereocenters. The minimum absolute atomic E-state index is 0.222. The summed E-state index contributed by atoms with van der Waals surface area (Å²) in [7, 11) is 1.48. The molecule has 39 heavy (non-hydrogen) atoms. The molecule has 2 N–H and O–H groups in total. The Hall–Kier alpha value is -4.69. The highest BCUT2D eigenvalue weighted by molar-refractivity contribution is 6.25. The maximum absolute atomic E-state index is 13.1. The van der Waals surface area contributed by atoms with E-state index in [0.29, 0.717) is 34.9 Å². The highest BCUT2D eigenvalue weighted by Gasteiger charge is 2.36. The molecule has 0 radical (unpaired) electrons. The average Bonchev–Trinajstić information content (AvgIpc) is 3.28. The zero-order valence-corrected chi connectivity index (χ0v) is 21.2. The number of amides is 2. The SMILES string of the molecule is COc1cc2c(cc1OCC(=O)Nc1ccc3ccc4cccc5ccc1c3c45)N=C[C@@H]1CC(O)CN1C2=O.